The van der Waals surface area contributed by atoms with Crippen molar-refractivity contribution in [2.45, 2.75) is 50.7 Å². The Hall–Kier alpha value is -2.69. The van der Waals surface area contributed by atoms with Crippen LogP contribution in [0.15, 0.2) is 92.7 Å². The van der Waals surface area contributed by atoms with E-state index in [0.717, 1.165) is 25.2 Å². The number of carbonyl (C=O) groups is 2. The van der Waals surface area contributed by atoms with Gasteiger partial charge >= 0.3 is 0 Å². The number of sulfonamides is 1. The summed E-state index contributed by atoms with van der Waals surface area (Å²) in [6.45, 7) is 5.18. The Kier molecular flexibility index (Phi) is 10.5. The van der Waals surface area contributed by atoms with Gasteiger partial charge in [-0.05, 0) is 74.4 Å². The quantitative estimate of drug-likeness (QED) is 0.283. The van der Waals surface area contributed by atoms with Crippen LogP contribution in [0.25, 0.3) is 0 Å². The lowest BCUT2D eigenvalue weighted by molar-refractivity contribution is -0.139. The minimum Gasteiger partial charge on any atom is -0.352 e. The Morgan fingerprint density at radius 1 is 0.868 bits per heavy atom. The zero-order chi connectivity index (χ0) is 27.9. The molecule has 2 atom stereocenters. The lowest BCUT2D eigenvalue weighted by Gasteiger charge is -2.32. The third kappa shape index (κ3) is 7.68. The Labute approximate surface area is 241 Å². The number of amides is 2. The molecule has 0 saturated heterocycles. The molecular weight excluding hydrogens is 634 g/mol. The average Bonchev–Trinajstić information content (AvgIpc) is 2.91. The molecule has 0 bridgehead atoms. The van der Waals surface area contributed by atoms with Crippen molar-refractivity contribution in [3.8, 4) is 0 Å². The van der Waals surface area contributed by atoms with Gasteiger partial charge in [-0.15, -0.1) is 0 Å². The second kappa shape index (κ2) is 13.4. The molecule has 202 valence electrons. The van der Waals surface area contributed by atoms with E-state index in [4.69, 9.17) is 0 Å². The Morgan fingerprint density at radius 2 is 1.42 bits per heavy atom. The summed E-state index contributed by atoms with van der Waals surface area (Å²) in [5, 5.41) is 2.93. The first-order valence-electron chi connectivity index (χ1n) is 12.2. The summed E-state index contributed by atoms with van der Waals surface area (Å²) < 4.78 is 30.2. The van der Waals surface area contributed by atoms with Crippen LogP contribution in [0.5, 0.6) is 0 Å². The second-order valence-corrected chi connectivity index (χ2v) is 12.6. The lowest BCUT2D eigenvalue weighted by atomic mass is 10.1. The highest BCUT2D eigenvalue weighted by atomic mass is 79.9. The molecule has 0 saturated carbocycles. The zero-order valence-electron chi connectivity index (χ0n) is 21.5. The molecule has 0 radical (unpaired) electrons. The summed E-state index contributed by atoms with van der Waals surface area (Å²) in [7, 11) is -4.08. The molecule has 38 heavy (non-hydrogen) atoms. The van der Waals surface area contributed by atoms with Gasteiger partial charge in [0.15, 0.2) is 0 Å². The number of hydrogen-bond donors (Lipinski definition) is 1. The normalized spacial score (nSPS) is 12.9. The highest BCUT2D eigenvalue weighted by Gasteiger charge is 2.32. The SMILES string of the molecule is CC[C@@H](C)NC(=O)[C@H](C)N(Cc1ccc(Br)cc1)C(=O)CN(c1ccc(Br)cc1)S(=O)(=O)c1ccccc1. The van der Waals surface area contributed by atoms with Gasteiger partial charge in [-0.1, -0.05) is 69.1 Å². The zero-order valence-corrected chi connectivity index (χ0v) is 25.5. The summed E-state index contributed by atoms with van der Waals surface area (Å²) in [6, 6.07) is 21.2. The van der Waals surface area contributed by atoms with Crippen LogP contribution in [0.4, 0.5) is 5.69 Å². The molecule has 0 aromatic heterocycles. The minimum absolute atomic E-state index is 0.0627. The number of nitrogens with one attached hydrogen (secondary N) is 1. The molecule has 0 aliphatic carbocycles. The number of rotatable bonds is 11. The van der Waals surface area contributed by atoms with Crippen molar-refractivity contribution < 1.29 is 18.0 Å². The number of benzene rings is 3. The fourth-order valence-corrected chi connectivity index (χ4v) is 5.65. The first-order valence-corrected chi connectivity index (χ1v) is 15.2. The first-order chi connectivity index (χ1) is 18.0. The number of halogens is 2. The smallest absolute Gasteiger partial charge is 0.264 e. The molecule has 3 aromatic rings. The third-order valence-electron chi connectivity index (χ3n) is 6.16. The maximum absolute atomic E-state index is 13.9. The van der Waals surface area contributed by atoms with E-state index in [0.29, 0.717) is 5.69 Å². The summed E-state index contributed by atoms with van der Waals surface area (Å²) >= 11 is 6.79. The standard InChI is InChI=1S/C28H31Br2N3O4S/c1-4-20(2)31-28(35)21(3)32(18-22-10-12-23(29)13-11-22)27(34)19-33(25-16-14-24(30)15-17-25)38(36,37)26-8-6-5-7-9-26/h5-17,20-21H,4,18-19H2,1-3H3,(H,31,35)/t20-,21+/m1/s1. The highest BCUT2D eigenvalue weighted by Crippen LogP contribution is 2.26. The molecule has 7 nitrogen and oxygen atoms in total. The summed E-state index contributed by atoms with van der Waals surface area (Å²) in [4.78, 5) is 28.4. The molecule has 2 amide bonds. The Bertz CT molecular complexity index is 1330. The van der Waals surface area contributed by atoms with Crippen molar-refractivity contribution in [1.29, 1.82) is 0 Å². The molecule has 0 aliphatic heterocycles. The Morgan fingerprint density at radius 3 is 1.97 bits per heavy atom. The van der Waals surface area contributed by atoms with E-state index < -0.39 is 28.5 Å². The van der Waals surface area contributed by atoms with Gasteiger partial charge in [0.25, 0.3) is 10.0 Å². The second-order valence-electron chi connectivity index (χ2n) is 8.94. The van der Waals surface area contributed by atoms with Crippen molar-refractivity contribution in [3.63, 3.8) is 0 Å². The van der Waals surface area contributed by atoms with Gasteiger partial charge in [-0.2, -0.15) is 0 Å². The van der Waals surface area contributed by atoms with Crippen molar-refractivity contribution in [2.75, 3.05) is 10.8 Å². The van der Waals surface area contributed by atoms with Crippen LogP contribution in [0.1, 0.15) is 32.8 Å². The van der Waals surface area contributed by atoms with E-state index in [1.54, 1.807) is 49.4 Å². The summed E-state index contributed by atoms with van der Waals surface area (Å²) in [6.07, 6.45) is 0.742. The van der Waals surface area contributed by atoms with Crippen LogP contribution in [0, 0.1) is 0 Å². The molecule has 0 fully saturated rings. The topological polar surface area (TPSA) is 86.8 Å². The number of anilines is 1. The molecule has 0 heterocycles. The predicted octanol–water partition coefficient (Wildman–Crippen LogP) is 5.74. The molecule has 0 unspecified atom stereocenters. The summed E-state index contributed by atoms with van der Waals surface area (Å²) in [5.41, 5.74) is 1.15. The van der Waals surface area contributed by atoms with Crippen molar-refractivity contribution in [1.82, 2.24) is 10.2 Å². The molecular formula is C28H31Br2N3O4S. The van der Waals surface area contributed by atoms with E-state index in [1.807, 2.05) is 38.1 Å². The van der Waals surface area contributed by atoms with Gasteiger partial charge in [0.2, 0.25) is 11.8 Å². The van der Waals surface area contributed by atoms with Gasteiger partial charge in [0.1, 0.15) is 12.6 Å². The van der Waals surface area contributed by atoms with Gasteiger partial charge in [0.05, 0.1) is 10.6 Å². The third-order valence-corrected chi connectivity index (χ3v) is 9.00. The molecule has 3 aromatic carbocycles. The van der Waals surface area contributed by atoms with Crippen LogP contribution < -0.4 is 9.62 Å². The minimum atomic E-state index is -4.08. The van der Waals surface area contributed by atoms with E-state index in [-0.39, 0.29) is 23.4 Å². The van der Waals surface area contributed by atoms with Crippen LogP contribution >= 0.6 is 31.9 Å². The number of hydrogen-bond acceptors (Lipinski definition) is 4. The maximum atomic E-state index is 13.9. The van der Waals surface area contributed by atoms with E-state index >= 15 is 0 Å². The van der Waals surface area contributed by atoms with Gasteiger partial charge in [0, 0.05) is 21.5 Å². The number of carbonyl (C=O) groups excluding carboxylic acids is 2. The van der Waals surface area contributed by atoms with E-state index in [9.17, 15) is 18.0 Å². The van der Waals surface area contributed by atoms with E-state index in [2.05, 4.69) is 37.2 Å². The van der Waals surface area contributed by atoms with Crippen molar-refractivity contribution in [3.05, 3.63) is 93.4 Å². The van der Waals surface area contributed by atoms with Gasteiger partial charge in [-0.25, -0.2) is 8.42 Å². The molecule has 1 N–H and O–H groups in total. The molecule has 0 spiro atoms. The van der Waals surface area contributed by atoms with Crippen LogP contribution in [0.2, 0.25) is 0 Å². The largest absolute Gasteiger partial charge is 0.352 e. The van der Waals surface area contributed by atoms with Crippen LogP contribution in [-0.2, 0) is 26.2 Å². The van der Waals surface area contributed by atoms with Crippen molar-refractivity contribution in [2.24, 2.45) is 0 Å². The average molecular weight is 665 g/mol. The van der Waals surface area contributed by atoms with Crippen molar-refractivity contribution >= 4 is 59.4 Å². The fraction of sp³-hybridized carbons (Fsp3) is 0.286. The monoisotopic (exact) mass is 663 g/mol. The Balaban J connectivity index is 2.00. The van der Waals surface area contributed by atoms with E-state index in [1.165, 1.54) is 17.0 Å². The number of nitrogens with zero attached hydrogens (tertiary/aromatic N) is 2. The lowest BCUT2D eigenvalue weighted by Crippen LogP contribution is -2.52. The maximum Gasteiger partial charge on any atom is 0.264 e. The first kappa shape index (κ1) is 29.9. The van der Waals surface area contributed by atoms with Gasteiger partial charge in [-0.3, -0.25) is 13.9 Å². The van der Waals surface area contributed by atoms with Crippen LogP contribution in [0.3, 0.4) is 0 Å². The molecule has 3 rings (SSSR count). The molecule has 10 heteroatoms. The molecule has 0 aliphatic rings. The van der Waals surface area contributed by atoms with Gasteiger partial charge < -0.3 is 10.2 Å². The highest BCUT2D eigenvalue weighted by molar-refractivity contribution is 9.10. The van der Waals surface area contributed by atoms with Crippen LogP contribution in [-0.4, -0.2) is 43.8 Å². The summed E-state index contributed by atoms with van der Waals surface area (Å²) in [5.74, 6) is -0.798. The fourth-order valence-electron chi connectivity index (χ4n) is 3.69. The predicted molar refractivity (Wildman–Crippen MR) is 157 cm³/mol.